The largest absolute Gasteiger partial charge is 0.393 e. The molecule has 2 aliphatic rings. The van der Waals surface area contributed by atoms with Crippen molar-refractivity contribution < 1.29 is 9.84 Å². The molecule has 2 heteroatoms. The van der Waals surface area contributed by atoms with E-state index >= 15 is 0 Å². The second kappa shape index (κ2) is 6.77. The Morgan fingerprint density at radius 3 is 2.86 bits per heavy atom. The zero-order chi connectivity index (χ0) is 16.4. The van der Waals surface area contributed by atoms with E-state index in [0.717, 1.165) is 25.9 Å². The third-order valence-corrected chi connectivity index (χ3v) is 5.27. The normalized spacial score (nSPS) is 32.7. The van der Waals surface area contributed by atoms with Crippen molar-refractivity contribution in [2.24, 2.45) is 22.7 Å². The molecule has 1 N–H and O–H groups in total. The quantitative estimate of drug-likeness (QED) is 0.479. The highest BCUT2D eigenvalue weighted by Gasteiger charge is 2.47. The van der Waals surface area contributed by atoms with Crippen LogP contribution in [0.25, 0.3) is 0 Å². The summed E-state index contributed by atoms with van der Waals surface area (Å²) in [5.74, 6) is 7.14. The van der Waals surface area contributed by atoms with Crippen LogP contribution in [0.4, 0.5) is 0 Å². The second-order valence-electron chi connectivity index (χ2n) is 8.35. The first-order valence-corrected chi connectivity index (χ1v) is 8.70. The molecule has 0 heterocycles. The number of hydrogen-bond acceptors (Lipinski definition) is 2. The van der Waals surface area contributed by atoms with Crippen molar-refractivity contribution in [2.45, 2.75) is 66.4 Å². The highest BCUT2D eigenvalue weighted by Crippen LogP contribution is 2.54. The highest BCUT2D eigenvalue weighted by molar-refractivity contribution is 5.26. The van der Waals surface area contributed by atoms with Crippen LogP contribution in [-0.2, 0) is 4.74 Å². The van der Waals surface area contributed by atoms with Crippen molar-refractivity contribution in [1.82, 2.24) is 0 Å². The van der Waals surface area contributed by atoms with Crippen LogP contribution in [0.5, 0.6) is 0 Å². The van der Waals surface area contributed by atoms with Gasteiger partial charge in [-0.05, 0) is 57.8 Å². The van der Waals surface area contributed by atoms with E-state index < -0.39 is 0 Å². The fourth-order valence-electron chi connectivity index (χ4n) is 4.19. The predicted octanol–water partition coefficient (Wildman–Crippen LogP) is 4.19. The maximum Gasteiger partial charge on any atom is 0.107 e. The summed E-state index contributed by atoms with van der Waals surface area (Å²) in [6, 6.07) is 0. The number of fused-ring (bicyclic) bond motifs is 1. The van der Waals surface area contributed by atoms with Crippen LogP contribution in [0.15, 0.2) is 11.6 Å². The van der Waals surface area contributed by atoms with Crippen LogP contribution < -0.4 is 0 Å². The van der Waals surface area contributed by atoms with E-state index in [0.29, 0.717) is 18.4 Å². The van der Waals surface area contributed by atoms with Gasteiger partial charge in [-0.2, -0.15) is 0 Å². The van der Waals surface area contributed by atoms with Crippen LogP contribution in [0, 0.1) is 34.5 Å². The number of aliphatic hydroxyl groups excluding tert-OH is 1. The van der Waals surface area contributed by atoms with Gasteiger partial charge in [-0.25, -0.2) is 0 Å². The van der Waals surface area contributed by atoms with Gasteiger partial charge in [0.25, 0.3) is 0 Å². The van der Waals surface area contributed by atoms with Gasteiger partial charge in [-0.3, -0.25) is 0 Å². The monoisotopic (exact) mass is 304 g/mol. The Bertz CT molecular complexity index is 474. The van der Waals surface area contributed by atoms with Gasteiger partial charge in [0.15, 0.2) is 0 Å². The molecule has 1 fully saturated rings. The van der Waals surface area contributed by atoms with Crippen LogP contribution in [0.1, 0.15) is 60.3 Å². The molecule has 0 aromatic carbocycles. The molecule has 0 saturated heterocycles. The van der Waals surface area contributed by atoms with Crippen molar-refractivity contribution >= 4 is 0 Å². The molecule has 0 bridgehead atoms. The summed E-state index contributed by atoms with van der Waals surface area (Å²) in [5, 5.41) is 10.3. The first-order valence-electron chi connectivity index (χ1n) is 8.70. The molecular weight excluding hydrogens is 272 g/mol. The average molecular weight is 304 g/mol. The fraction of sp³-hybridized carbons (Fsp3) is 0.800. The Kier molecular flexibility index (Phi) is 5.41. The molecule has 22 heavy (non-hydrogen) atoms. The summed E-state index contributed by atoms with van der Waals surface area (Å²) < 4.78 is 5.78. The Labute approximate surface area is 136 Å². The maximum atomic E-state index is 10.3. The Morgan fingerprint density at radius 1 is 1.45 bits per heavy atom. The minimum absolute atomic E-state index is 0.0435. The third-order valence-electron chi connectivity index (χ3n) is 5.27. The molecule has 0 aromatic heterocycles. The van der Waals surface area contributed by atoms with E-state index in [1.54, 1.807) is 0 Å². The maximum absolute atomic E-state index is 10.3. The Hall–Kier alpha value is -0.780. The molecule has 0 aliphatic heterocycles. The molecule has 2 aliphatic carbocycles. The molecular formula is C20H32O2. The lowest BCUT2D eigenvalue weighted by atomic mass is 9.63. The second-order valence-corrected chi connectivity index (χ2v) is 8.35. The van der Waals surface area contributed by atoms with Crippen molar-refractivity contribution in [3.63, 3.8) is 0 Å². The number of aliphatic hydroxyl groups is 1. The van der Waals surface area contributed by atoms with Gasteiger partial charge in [-0.1, -0.05) is 37.3 Å². The number of allylic oxidation sites excluding steroid dienone is 1. The molecule has 1 saturated carbocycles. The summed E-state index contributed by atoms with van der Waals surface area (Å²) in [4.78, 5) is 0. The zero-order valence-corrected chi connectivity index (χ0v) is 14.9. The average Bonchev–Trinajstić information content (AvgIpc) is 2.75. The molecule has 0 unspecified atom stereocenters. The minimum Gasteiger partial charge on any atom is -0.393 e. The van der Waals surface area contributed by atoms with Gasteiger partial charge in [0.2, 0.25) is 0 Å². The van der Waals surface area contributed by atoms with Gasteiger partial charge < -0.3 is 9.84 Å². The van der Waals surface area contributed by atoms with Crippen molar-refractivity contribution in [2.75, 3.05) is 13.2 Å². The molecule has 0 aromatic rings. The molecule has 4 atom stereocenters. The number of ether oxygens (including phenoxy) is 1. The van der Waals surface area contributed by atoms with Crippen molar-refractivity contribution in [3.05, 3.63) is 11.6 Å². The lowest BCUT2D eigenvalue weighted by molar-refractivity contribution is 0.00524. The lowest BCUT2D eigenvalue weighted by Gasteiger charge is -2.43. The zero-order valence-electron chi connectivity index (χ0n) is 14.9. The molecule has 0 amide bonds. The highest BCUT2D eigenvalue weighted by atomic mass is 16.5. The lowest BCUT2D eigenvalue weighted by Crippen LogP contribution is -2.39. The Morgan fingerprint density at radius 2 is 2.18 bits per heavy atom. The van der Waals surface area contributed by atoms with Crippen molar-refractivity contribution in [1.29, 1.82) is 0 Å². The van der Waals surface area contributed by atoms with E-state index in [4.69, 9.17) is 4.74 Å². The first kappa shape index (κ1) is 17.6. The van der Waals surface area contributed by atoms with Gasteiger partial charge in [0, 0.05) is 11.3 Å². The van der Waals surface area contributed by atoms with Crippen LogP contribution in [-0.4, -0.2) is 24.4 Å². The van der Waals surface area contributed by atoms with E-state index in [1.165, 1.54) is 12.0 Å². The van der Waals surface area contributed by atoms with Crippen LogP contribution in [0.2, 0.25) is 0 Å². The third kappa shape index (κ3) is 3.94. The molecule has 2 nitrogen and oxygen atoms in total. The van der Waals surface area contributed by atoms with E-state index in [2.05, 4.69) is 52.5 Å². The molecule has 0 spiro atoms. The molecule has 0 radical (unpaired) electrons. The van der Waals surface area contributed by atoms with E-state index in [9.17, 15) is 5.11 Å². The van der Waals surface area contributed by atoms with Gasteiger partial charge in [0.05, 0.1) is 12.7 Å². The van der Waals surface area contributed by atoms with Crippen LogP contribution in [0.3, 0.4) is 0 Å². The summed E-state index contributed by atoms with van der Waals surface area (Å²) in [6.45, 7) is 12.2. The number of rotatable bonds is 4. The smallest absolute Gasteiger partial charge is 0.107 e. The Balaban J connectivity index is 1.88. The summed E-state index contributed by atoms with van der Waals surface area (Å²) in [7, 11) is 0. The van der Waals surface area contributed by atoms with E-state index in [-0.39, 0.29) is 16.9 Å². The summed E-state index contributed by atoms with van der Waals surface area (Å²) in [5.41, 5.74) is 1.72. The topological polar surface area (TPSA) is 29.5 Å². The van der Waals surface area contributed by atoms with Crippen LogP contribution >= 0.6 is 0 Å². The number of hydrogen-bond donors (Lipinski definition) is 1. The predicted molar refractivity (Wildman–Crippen MR) is 91.4 cm³/mol. The fourth-order valence-corrected chi connectivity index (χ4v) is 4.19. The SMILES string of the molecule is C[C@H](COCC#CC(C)(C)C)C1=CC[C@H]2[C@@H](O)CCC[C@]12C. The summed E-state index contributed by atoms with van der Waals surface area (Å²) in [6.07, 6.45) is 6.58. The van der Waals surface area contributed by atoms with Gasteiger partial charge in [0.1, 0.15) is 6.61 Å². The van der Waals surface area contributed by atoms with Crippen molar-refractivity contribution in [3.8, 4) is 11.8 Å². The first-order chi connectivity index (χ1) is 10.2. The summed E-state index contributed by atoms with van der Waals surface area (Å²) >= 11 is 0. The molecule has 124 valence electrons. The van der Waals surface area contributed by atoms with Gasteiger partial charge >= 0.3 is 0 Å². The van der Waals surface area contributed by atoms with Gasteiger partial charge in [-0.15, -0.1) is 0 Å². The van der Waals surface area contributed by atoms with E-state index in [1.807, 2.05) is 0 Å². The minimum atomic E-state index is -0.127. The standard InChI is InChI=1S/C20H32O2/c1-15(14-22-13-7-11-19(2,3)4)16-9-10-17-18(21)8-6-12-20(16,17)5/h9,15,17-18,21H,6,8,10,12-14H2,1-5H3/t15-,17+,18+,20-/m1/s1. The molecule has 2 rings (SSSR count).